The van der Waals surface area contributed by atoms with Gasteiger partial charge in [0.2, 0.25) is 5.91 Å². The summed E-state index contributed by atoms with van der Waals surface area (Å²) in [5.41, 5.74) is 6.44. The van der Waals surface area contributed by atoms with Crippen LogP contribution in [0.4, 0.5) is 0 Å². The zero-order valence-corrected chi connectivity index (χ0v) is 32.0. The summed E-state index contributed by atoms with van der Waals surface area (Å²) < 4.78 is 0. The van der Waals surface area contributed by atoms with Gasteiger partial charge in [-0.3, -0.25) is 4.79 Å². The standard InChI is InChI=1S/C41H62N2O.2CO2/c1-10-42-25-26-43-36(44)41-22-17-30(27(2)3)35(41)32-15-16-34-38(7)20-18-31(29-13-11-28(4)12-14-29)37(5,6)33(38)19-21-40(34,9)39(32,8)23-24-41;2*2-1-3/h11-14,18,30,32-35,42H,2,10,15-17,19-26H2,1,3-9H3,(H,43,44);;/t30-,32+,33-,34+,35+,38-,39+,40+,41-;;/m0../s1. The van der Waals surface area contributed by atoms with Crippen molar-refractivity contribution in [2.75, 3.05) is 19.6 Å². The van der Waals surface area contributed by atoms with E-state index in [-0.39, 0.29) is 28.5 Å². The zero-order chi connectivity index (χ0) is 37.1. The highest BCUT2D eigenvalue weighted by molar-refractivity contribution is 5.84. The first kappa shape index (κ1) is 39.7. The Morgan fingerprint density at radius 1 is 0.840 bits per heavy atom. The number of hydrogen-bond donors (Lipinski definition) is 2. The molecular formula is C43H62N2O5. The molecule has 50 heavy (non-hydrogen) atoms. The van der Waals surface area contributed by atoms with Gasteiger partial charge in [-0.05, 0) is 141 Å². The Labute approximate surface area is 300 Å². The normalized spacial score (nSPS) is 37.5. The molecule has 0 heterocycles. The molecule has 0 saturated heterocycles. The van der Waals surface area contributed by atoms with Gasteiger partial charge in [0.25, 0.3) is 0 Å². The first-order chi connectivity index (χ1) is 23.6. The van der Waals surface area contributed by atoms with Crippen molar-refractivity contribution in [2.45, 2.75) is 113 Å². The highest BCUT2D eigenvalue weighted by atomic mass is 16.2. The molecule has 1 aromatic carbocycles. The van der Waals surface area contributed by atoms with Gasteiger partial charge >= 0.3 is 12.3 Å². The molecule has 0 aliphatic heterocycles. The SMILES string of the molecule is C=C(C)[C@@H]1CC[C@]2(C(=O)NCCNCC)CC[C@]3(C)[C@H](CC[C@@H]4[C@@]5(C)CC=C(c6ccc(C)cc6)C(C)(C)[C@@H]5CC[C@]43C)[C@@H]12.O=C=O.O=C=O. The molecule has 0 radical (unpaired) electrons. The van der Waals surface area contributed by atoms with Crippen LogP contribution in [0.3, 0.4) is 0 Å². The van der Waals surface area contributed by atoms with Gasteiger partial charge in [-0.25, -0.2) is 0 Å². The summed E-state index contributed by atoms with van der Waals surface area (Å²) in [6.45, 7) is 26.8. The number of amides is 1. The van der Waals surface area contributed by atoms with E-state index < -0.39 is 0 Å². The Morgan fingerprint density at radius 2 is 1.48 bits per heavy atom. The maximum Gasteiger partial charge on any atom is 0.373 e. The van der Waals surface area contributed by atoms with Crippen molar-refractivity contribution < 1.29 is 24.0 Å². The van der Waals surface area contributed by atoms with Crippen LogP contribution in [0.1, 0.15) is 117 Å². The lowest BCUT2D eigenvalue weighted by atomic mass is 9.32. The fourth-order valence-corrected chi connectivity index (χ4v) is 13.0. The van der Waals surface area contributed by atoms with E-state index in [9.17, 15) is 4.79 Å². The molecule has 5 aliphatic carbocycles. The largest absolute Gasteiger partial charge is 0.373 e. The van der Waals surface area contributed by atoms with E-state index in [1.165, 1.54) is 55.2 Å². The summed E-state index contributed by atoms with van der Waals surface area (Å²) in [7, 11) is 0. The molecule has 9 atom stereocenters. The van der Waals surface area contributed by atoms with Gasteiger partial charge in [-0.2, -0.15) is 19.2 Å². The van der Waals surface area contributed by atoms with Gasteiger partial charge in [0.15, 0.2) is 0 Å². The molecule has 5 aliphatic rings. The lowest BCUT2D eigenvalue weighted by Gasteiger charge is -2.72. The summed E-state index contributed by atoms with van der Waals surface area (Å²) in [6, 6.07) is 9.28. The van der Waals surface area contributed by atoms with Crippen molar-refractivity contribution in [2.24, 2.45) is 56.7 Å². The van der Waals surface area contributed by atoms with Gasteiger partial charge in [-0.1, -0.05) is 89.6 Å². The van der Waals surface area contributed by atoms with E-state index in [1.807, 2.05) is 0 Å². The Balaban J connectivity index is 0.000000875. The maximum absolute atomic E-state index is 14.2. The van der Waals surface area contributed by atoms with Gasteiger partial charge < -0.3 is 10.6 Å². The van der Waals surface area contributed by atoms with Crippen LogP contribution >= 0.6 is 0 Å². The average molecular weight is 687 g/mol. The third-order valence-electron chi connectivity index (χ3n) is 15.3. The lowest BCUT2D eigenvalue weighted by molar-refractivity contribution is -0.225. The Kier molecular flexibility index (Phi) is 12.1. The second kappa shape index (κ2) is 15.2. The summed E-state index contributed by atoms with van der Waals surface area (Å²) in [5, 5.41) is 6.81. The maximum atomic E-state index is 14.2. The molecule has 1 aromatic rings. The van der Waals surface area contributed by atoms with E-state index in [2.05, 4.69) is 103 Å². The molecular weight excluding hydrogens is 624 g/mol. The summed E-state index contributed by atoms with van der Waals surface area (Å²) in [5.74, 6) is 3.25. The Hall–Kier alpha value is -3.11. The summed E-state index contributed by atoms with van der Waals surface area (Å²) in [6.07, 6.45) is 14.0. The number of allylic oxidation sites excluding steroid dienone is 3. The van der Waals surface area contributed by atoms with Crippen LogP contribution < -0.4 is 10.6 Å². The first-order valence-corrected chi connectivity index (χ1v) is 19.0. The molecule has 4 fully saturated rings. The molecule has 0 aromatic heterocycles. The molecule has 0 bridgehead atoms. The Bertz CT molecular complexity index is 1490. The minimum atomic E-state index is -0.219. The fraction of sp³-hybridized carbons (Fsp3) is 0.698. The van der Waals surface area contributed by atoms with Crippen LogP contribution in [0.25, 0.3) is 5.57 Å². The van der Waals surface area contributed by atoms with E-state index >= 15 is 0 Å². The predicted octanol–water partition coefficient (Wildman–Crippen LogP) is 8.20. The lowest BCUT2D eigenvalue weighted by Crippen LogP contribution is -2.66. The van der Waals surface area contributed by atoms with E-state index in [4.69, 9.17) is 19.2 Å². The quantitative estimate of drug-likeness (QED) is 0.221. The summed E-state index contributed by atoms with van der Waals surface area (Å²) >= 11 is 0. The number of hydrogen-bond acceptors (Lipinski definition) is 6. The number of likely N-dealkylation sites (N-methyl/N-ethyl adjacent to an activating group) is 1. The van der Waals surface area contributed by atoms with Crippen molar-refractivity contribution in [3.05, 3.63) is 53.6 Å². The van der Waals surface area contributed by atoms with Crippen LogP contribution in [0.15, 0.2) is 42.5 Å². The van der Waals surface area contributed by atoms with E-state index in [1.54, 1.807) is 5.57 Å². The molecule has 1 amide bonds. The Morgan fingerprint density at radius 3 is 2.08 bits per heavy atom. The third-order valence-corrected chi connectivity index (χ3v) is 15.3. The van der Waals surface area contributed by atoms with Crippen LogP contribution in [0.2, 0.25) is 0 Å². The minimum absolute atomic E-state index is 0.157. The number of rotatable bonds is 7. The second-order valence-corrected chi connectivity index (χ2v) is 17.5. The molecule has 274 valence electrons. The van der Waals surface area contributed by atoms with Crippen LogP contribution in [0, 0.1) is 63.6 Å². The molecule has 7 heteroatoms. The van der Waals surface area contributed by atoms with Gasteiger partial charge in [-0.15, -0.1) is 0 Å². The monoisotopic (exact) mass is 686 g/mol. The first-order valence-electron chi connectivity index (χ1n) is 19.0. The highest BCUT2D eigenvalue weighted by Crippen LogP contribution is 2.77. The molecule has 6 rings (SSSR count). The number of aryl methyl sites for hydroxylation is 1. The van der Waals surface area contributed by atoms with Crippen LogP contribution in [-0.4, -0.2) is 37.8 Å². The molecule has 7 nitrogen and oxygen atoms in total. The highest BCUT2D eigenvalue weighted by Gasteiger charge is 2.71. The van der Waals surface area contributed by atoms with Gasteiger partial charge in [0.1, 0.15) is 0 Å². The summed E-state index contributed by atoms with van der Waals surface area (Å²) in [4.78, 5) is 46.7. The number of carbonyl (C=O) groups is 1. The van der Waals surface area contributed by atoms with Crippen molar-refractivity contribution >= 4 is 23.8 Å². The van der Waals surface area contributed by atoms with E-state index in [0.29, 0.717) is 40.4 Å². The van der Waals surface area contributed by atoms with Crippen molar-refractivity contribution in [1.29, 1.82) is 0 Å². The van der Waals surface area contributed by atoms with Crippen molar-refractivity contribution in [3.8, 4) is 0 Å². The van der Waals surface area contributed by atoms with Gasteiger partial charge in [0.05, 0.1) is 5.41 Å². The van der Waals surface area contributed by atoms with Crippen molar-refractivity contribution in [3.63, 3.8) is 0 Å². The van der Waals surface area contributed by atoms with Gasteiger partial charge in [0, 0.05) is 13.1 Å². The minimum Gasteiger partial charge on any atom is -0.354 e. The molecule has 0 spiro atoms. The van der Waals surface area contributed by atoms with Crippen molar-refractivity contribution in [1.82, 2.24) is 10.6 Å². The second-order valence-electron chi connectivity index (χ2n) is 17.5. The molecule has 4 saturated carbocycles. The van der Waals surface area contributed by atoms with Crippen LogP contribution in [-0.2, 0) is 24.0 Å². The van der Waals surface area contributed by atoms with E-state index in [0.717, 1.165) is 44.8 Å². The smallest absolute Gasteiger partial charge is 0.354 e. The molecule has 2 N–H and O–H groups in total. The fourth-order valence-electron chi connectivity index (χ4n) is 13.0. The third kappa shape index (κ3) is 6.44. The number of carbonyl (C=O) groups excluding carboxylic acids is 5. The number of fused-ring (bicyclic) bond motifs is 7. The predicted molar refractivity (Wildman–Crippen MR) is 195 cm³/mol. The number of benzene rings is 1. The number of nitrogens with one attached hydrogen (secondary N) is 2. The topological polar surface area (TPSA) is 109 Å². The zero-order valence-electron chi connectivity index (χ0n) is 32.0. The average Bonchev–Trinajstić information content (AvgIpc) is 3.46. The molecule has 0 unspecified atom stereocenters. The van der Waals surface area contributed by atoms with Crippen LogP contribution in [0.5, 0.6) is 0 Å².